The molecular formula is C11H14ClNS. The molecule has 1 fully saturated rings. The topological polar surface area (TPSA) is 26.0 Å². The fourth-order valence-electron chi connectivity index (χ4n) is 1.81. The van der Waals surface area contributed by atoms with Crippen LogP contribution in [0.15, 0.2) is 24.3 Å². The minimum atomic E-state index is 0.317. The van der Waals surface area contributed by atoms with Gasteiger partial charge in [0.1, 0.15) is 0 Å². The van der Waals surface area contributed by atoms with Crippen LogP contribution in [0.3, 0.4) is 0 Å². The van der Waals surface area contributed by atoms with E-state index in [1.807, 2.05) is 23.9 Å². The third kappa shape index (κ3) is 2.25. The summed E-state index contributed by atoms with van der Waals surface area (Å²) in [5, 5.41) is 0.797. The van der Waals surface area contributed by atoms with E-state index in [9.17, 15) is 0 Å². The van der Waals surface area contributed by atoms with Gasteiger partial charge in [-0.15, -0.1) is 0 Å². The first-order valence-electron chi connectivity index (χ1n) is 4.86. The van der Waals surface area contributed by atoms with Gasteiger partial charge in [-0.25, -0.2) is 0 Å². The van der Waals surface area contributed by atoms with Gasteiger partial charge >= 0.3 is 0 Å². The molecule has 1 aliphatic rings. The van der Waals surface area contributed by atoms with Crippen molar-refractivity contribution in [2.24, 2.45) is 5.73 Å². The van der Waals surface area contributed by atoms with Crippen LogP contribution in [-0.4, -0.2) is 17.5 Å². The van der Waals surface area contributed by atoms with Crippen molar-refractivity contribution in [3.8, 4) is 0 Å². The number of rotatable bonds is 1. The van der Waals surface area contributed by atoms with Crippen molar-refractivity contribution in [2.75, 3.05) is 11.5 Å². The summed E-state index contributed by atoms with van der Waals surface area (Å²) in [6.07, 6.45) is 1.12. The number of hydrogen-bond acceptors (Lipinski definition) is 2. The Bertz CT molecular complexity index is 299. The second-order valence-corrected chi connectivity index (χ2v) is 5.27. The lowest BCUT2D eigenvalue weighted by Gasteiger charge is -2.28. The molecule has 1 aromatic rings. The molecule has 2 unspecified atom stereocenters. The zero-order valence-corrected chi connectivity index (χ0v) is 9.52. The van der Waals surface area contributed by atoms with E-state index in [4.69, 9.17) is 17.3 Å². The van der Waals surface area contributed by atoms with Gasteiger partial charge in [0.15, 0.2) is 0 Å². The predicted molar refractivity (Wildman–Crippen MR) is 64.1 cm³/mol. The van der Waals surface area contributed by atoms with E-state index in [-0.39, 0.29) is 0 Å². The molecule has 0 spiro atoms. The smallest absolute Gasteiger partial charge is 0.0406 e. The van der Waals surface area contributed by atoms with Crippen LogP contribution in [0.1, 0.15) is 17.9 Å². The van der Waals surface area contributed by atoms with E-state index >= 15 is 0 Å². The number of halogens is 1. The van der Waals surface area contributed by atoms with Crippen LogP contribution < -0.4 is 5.73 Å². The maximum Gasteiger partial charge on any atom is 0.0406 e. The highest BCUT2D eigenvalue weighted by Gasteiger charge is 2.23. The Hall–Kier alpha value is -0.180. The first kappa shape index (κ1) is 10.3. The Morgan fingerprint density at radius 1 is 1.29 bits per heavy atom. The highest BCUT2D eigenvalue weighted by Crippen LogP contribution is 2.30. The molecule has 1 saturated heterocycles. The second kappa shape index (κ2) is 4.56. The Morgan fingerprint density at radius 3 is 2.64 bits per heavy atom. The molecule has 1 heterocycles. The van der Waals surface area contributed by atoms with Gasteiger partial charge in [0.05, 0.1) is 0 Å². The van der Waals surface area contributed by atoms with E-state index < -0.39 is 0 Å². The normalized spacial score (nSPS) is 27.6. The highest BCUT2D eigenvalue weighted by atomic mass is 35.5. The Morgan fingerprint density at radius 2 is 2.00 bits per heavy atom. The van der Waals surface area contributed by atoms with Crippen molar-refractivity contribution >= 4 is 23.4 Å². The van der Waals surface area contributed by atoms with Crippen LogP contribution in [0.2, 0.25) is 5.02 Å². The molecule has 0 amide bonds. The summed E-state index contributed by atoms with van der Waals surface area (Å²) in [5.74, 6) is 2.85. The van der Waals surface area contributed by atoms with Crippen molar-refractivity contribution in [3.63, 3.8) is 0 Å². The summed E-state index contributed by atoms with van der Waals surface area (Å²) in [4.78, 5) is 0. The monoisotopic (exact) mass is 227 g/mol. The molecule has 1 nitrogen and oxygen atoms in total. The molecule has 0 saturated carbocycles. The summed E-state index contributed by atoms with van der Waals surface area (Å²) in [7, 11) is 0. The van der Waals surface area contributed by atoms with Crippen molar-refractivity contribution < 1.29 is 0 Å². The van der Waals surface area contributed by atoms with Crippen molar-refractivity contribution in [1.29, 1.82) is 0 Å². The molecule has 0 radical (unpaired) electrons. The molecule has 76 valence electrons. The van der Waals surface area contributed by atoms with Gasteiger partial charge in [0, 0.05) is 22.7 Å². The molecule has 14 heavy (non-hydrogen) atoms. The highest BCUT2D eigenvalue weighted by molar-refractivity contribution is 7.99. The summed E-state index contributed by atoms with van der Waals surface area (Å²) < 4.78 is 0. The number of benzene rings is 1. The van der Waals surface area contributed by atoms with Crippen LogP contribution in [-0.2, 0) is 0 Å². The average molecular weight is 228 g/mol. The molecule has 2 N–H and O–H groups in total. The zero-order chi connectivity index (χ0) is 9.97. The van der Waals surface area contributed by atoms with Crippen LogP contribution >= 0.6 is 23.4 Å². The average Bonchev–Trinajstić information content (AvgIpc) is 2.20. The second-order valence-electron chi connectivity index (χ2n) is 3.69. The lowest BCUT2D eigenvalue weighted by molar-refractivity contribution is 0.548. The fraction of sp³-hybridized carbons (Fsp3) is 0.455. The van der Waals surface area contributed by atoms with Gasteiger partial charge in [0.2, 0.25) is 0 Å². The Labute approximate surface area is 94.0 Å². The van der Waals surface area contributed by atoms with Gasteiger partial charge in [0.25, 0.3) is 0 Å². The number of thioether (sulfide) groups is 1. The minimum absolute atomic E-state index is 0.317. The maximum absolute atomic E-state index is 6.10. The Balaban J connectivity index is 2.16. The summed E-state index contributed by atoms with van der Waals surface area (Å²) in [5.41, 5.74) is 7.43. The molecule has 0 aromatic heterocycles. The van der Waals surface area contributed by atoms with E-state index in [0.29, 0.717) is 12.0 Å². The summed E-state index contributed by atoms with van der Waals surface area (Å²) in [6.45, 7) is 0. The molecule has 2 atom stereocenters. The third-order valence-corrected chi connectivity index (χ3v) is 4.08. The van der Waals surface area contributed by atoms with E-state index in [1.165, 1.54) is 11.3 Å². The first-order chi connectivity index (χ1) is 6.77. The lowest BCUT2D eigenvalue weighted by atomic mass is 9.92. The van der Waals surface area contributed by atoms with E-state index in [0.717, 1.165) is 17.2 Å². The first-order valence-corrected chi connectivity index (χ1v) is 6.39. The van der Waals surface area contributed by atoms with Crippen molar-refractivity contribution in [1.82, 2.24) is 0 Å². The largest absolute Gasteiger partial charge is 0.327 e. The van der Waals surface area contributed by atoms with Gasteiger partial charge in [-0.2, -0.15) is 11.8 Å². The standard InChI is InChI=1S/C11H14ClNS/c12-9-3-1-8(2-4-9)10-7-14-6-5-11(10)13/h1-4,10-11H,5-7,13H2. The zero-order valence-electron chi connectivity index (χ0n) is 7.95. The van der Waals surface area contributed by atoms with Gasteiger partial charge in [-0.3, -0.25) is 0 Å². The fourth-order valence-corrected chi connectivity index (χ4v) is 3.23. The Kier molecular flexibility index (Phi) is 3.37. The number of hydrogen-bond donors (Lipinski definition) is 1. The summed E-state index contributed by atoms with van der Waals surface area (Å²) >= 11 is 7.84. The minimum Gasteiger partial charge on any atom is -0.327 e. The molecule has 2 rings (SSSR count). The predicted octanol–water partition coefficient (Wildman–Crippen LogP) is 2.89. The third-order valence-electron chi connectivity index (χ3n) is 2.71. The van der Waals surface area contributed by atoms with Gasteiger partial charge in [-0.05, 0) is 29.9 Å². The molecule has 0 bridgehead atoms. The summed E-state index contributed by atoms with van der Waals surface area (Å²) in [6, 6.07) is 8.40. The molecule has 1 aliphatic heterocycles. The van der Waals surface area contributed by atoms with Crippen LogP contribution in [0.5, 0.6) is 0 Å². The van der Waals surface area contributed by atoms with Crippen LogP contribution in [0.25, 0.3) is 0 Å². The van der Waals surface area contributed by atoms with Gasteiger partial charge < -0.3 is 5.73 Å². The molecular weight excluding hydrogens is 214 g/mol. The van der Waals surface area contributed by atoms with Gasteiger partial charge in [-0.1, -0.05) is 23.7 Å². The number of nitrogens with two attached hydrogens (primary N) is 1. The van der Waals surface area contributed by atoms with Crippen LogP contribution in [0, 0.1) is 0 Å². The van der Waals surface area contributed by atoms with E-state index in [1.54, 1.807) is 0 Å². The van der Waals surface area contributed by atoms with Crippen molar-refractivity contribution in [3.05, 3.63) is 34.9 Å². The molecule has 1 aromatic carbocycles. The van der Waals surface area contributed by atoms with Crippen LogP contribution in [0.4, 0.5) is 0 Å². The molecule has 3 heteroatoms. The quantitative estimate of drug-likeness (QED) is 0.799. The lowest BCUT2D eigenvalue weighted by Crippen LogP contribution is -2.33. The van der Waals surface area contributed by atoms with Crippen molar-refractivity contribution in [2.45, 2.75) is 18.4 Å². The van der Waals surface area contributed by atoms with E-state index in [2.05, 4.69) is 12.1 Å². The molecule has 0 aliphatic carbocycles. The SMILES string of the molecule is NC1CCSCC1c1ccc(Cl)cc1. The maximum atomic E-state index is 6.10.